The van der Waals surface area contributed by atoms with Gasteiger partial charge >= 0.3 is 0 Å². The maximum absolute atomic E-state index is 11.4. The molecule has 9 heteroatoms. The van der Waals surface area contributed by atoms with Crippen molar-refractivity contribution in [2.24, 2.45) is 5.14 Å². The summed E-state index contributed by atoms with van der Waals surface area (Å²) in [4.78, 5) is 9.11. The molecule has 0 unspecified atom stereocenters. The SMILES string of the molecule is CCCSc1nc(Nc2ccc(S(N)(=O)=O)cc2)c(C#N)c(-c2ccccc2)n1. The van der Waals surface area contributed by atoms with Crippen molar-refractivity contribution in [1.82, 2.24) is 9.97 Å². The van der Waals surface area contributed by atoms with Gasteiger partial charge < -0.3 is 5.32 Å². The largest absolute Gasteiger partial charge is 0.339 e. The number of nitrogens with one attached hydrogen (secondary N) is 1. The number of hydrogen-bond acceptors (Lipinski definition) is 7. The Balaban J connectivity index is 2.05. The van der Waals surface area contributed by atoms with Crippen molar-refractivity contribution in [2.45, 2.75) is 23.4 Å². The quantitative estimate of drug-likeness (QED) is 0.435. The van der Waals surface area contributed by atoms with Crippen LogP contribution in [0.25, 0.3) is 11.3 Å². The van der Waals surface area contributed by atoms with Crippen LogP contribution in [0, 0.1) is 11.3 Å². The normalized spacial score (nSPS) is 11.1. The van der Waals surface area contributed by atoms with E-state index in [0.717, 1.165) is 17.7 Å². The first-order chi connectivity index (χ1) is 13.9. The van der Waals surface area contributed by atoms with Crippen LogP contribution in [0.2, 0.25) is 0 Å². The lowest BCUT2D eigenvalue weighted by atomic mass is 10.1. The number of aromatic nitrogens is 2. The summed E-state index contributed by atoms with van der Waals surface area (Å²) >= 11 is 1.51. The number of thioether (sulfide) groups is 1. The van der Waals surface area contributed by atoms with Gasteiger partial charge in [-0.25, -0.2) is 23.5 Å². The Bertz CT molecular complexity index is 1140. The van der Waals surface area contributed by atoms with E-state index in [1.54, 1.807) is 12.1 Å². The predicted molar refractivity (Wildman–Crippen MR) is 114 cm³/mol. The molecule has 0 saturated heterocycles. The second kappa shape index (κ2) is 9.05. The molecule has 0 aliphatic heterocycles. The molecular formula is C20H19N5O2S2. The summed E-state index contributed by atoms with van der Waals surface area (Å²) in [6.45, 7) is 2.07. The lowest BCUT2D eigenvalue weighted by Crippen LogP contribution is -2.11. The summed E-state index contributed by atoms with van der Waals surface area (Å²) in [7, 11) is -3.77. The molecule has 0 aliphatic rings. The van der Waals surface area contributed by atoms with E-state index in [1.807, 2.05) is 30.3 Å². The van der Waals surface area contributed by atoms with Gasteiger partial charge in [0.05, 0.1) is 10.6 Å². The minimum Gasteiger partial charge on any atom is -0.339 e. The first-order valence-corrected chi connectivity index (χ1v) is 11.4. The van der Waals surface area contributed by atoms with E-state index in [2.05, 4.69) is 28.3 Å². The highest BCUT2D eigenvalue weighted by atomic mass is 32.2. The minimum atomic E-state index is -3.77. The zero-order valence-electron chi connectivity index (χ0n) is 15.7. The van der Waals surface area contributed by atoms with Crippen LogP contribution >= 0.6 is 11.8 Å². The number of nitrogens with zero attached hydrogens (tertiary/aromatic N) is 3. The number of sulfonamides is 1. The molecule has 0 spiro atoms. The number of nitriles is 1. The molecule has 3 N–H and O–H groups in total. The monoisotopic (exact) mass is 425 g/mol. The molecule has 0 aliphatic carbocycles. The molecule has 7 nitrogen and oxygen atoms in total. The van der Waals surface area contributed by atoms with Crippen LogP contribution < -0.4 is 10.5 Å². The zero-order valence-corrected chi connectivity index (χ0v) is 17.3. The van der Waals surface area contributed by atoms with E-state index in [4.69, 9.17) is 5.14 Å². The van der Waals surface area contributed by atoms with Crippen molar-refractivity contribution < 1.29 is 8.42 Å². The number of hydrogen-bond donors (Lipinski definition) is 2. The molecule has 0 bridgehead atoms. The average molecular weight is 426 g/mol. The molecule has 0 saturated carbocycles. The fraction of sp³-hybridized carbons (Fsp3) is 0.150. The van der Waals surface area contributed by atoms with E-state index in [1.165, 1.54) is 23.9 Å². The fourth-order valence-electron chi connectivity index (χ4n) is 2.56. The summed E-state index contributed by atoms with van der Waals surface area (Å²) in [5.41, 5.74) is 2.26. The molecule has 1 heterocycles. The highest BCUT2D eigenvalue weighted by molar-refractivity contribution is 7.99. The van der Waals surface area contributed by atoms with Crippen LogP contribution in [0.4, 0.5) is 11.5 Å². The van der Waals surface area contributed by atoms with Crippen LogP contribution in [0.3, 0.4) is 0 Å². The van der Waals surface area contributed by atoms with Crippen molar-refractivity contribution in [1.29, 1.82) is 5.26 Å². The molecule has 0 fully saturated rings. The summed E-state index contributed by atoms with van der Waals surface area (Å²) in [5.74, 6) is 1.21. The van der Waals surface area contributed by atoms with Gasteiger partial charge in [0.15, 0.2) is 11.0 Å². The number of anilines is 2. The van der Waals surface area contributed by atoms with E-state index < -0.39 is 10.0 Å². The number of rotatable bonds is 7. The number of nitrogens with two attached hydrogens (primary N) is 1. The molecular weight excluding hydrogens is 406 g/mol. The third-order valence-electron chi connectivity index (χ3n) is 3.93. The maximum atomic E-state index is 11.4. The van der Waals surface area contributed by atoms with Gasteiger partial charge in [0.2, 0.25) is 10.0 Å². The Labute approximate surface area is 174 Å². The third kappa shape index (κ3) is 5.12. The maximum Gasteiger partial charge on any atom is 0.238 e. The van der Waals surface area contributed by atoms with Crippen molar-refractivity contribution in [2.75, 3.05) is 11.1 Å². The van der Waals surface area contributed by atoms with Crippen LogP contribution in [0.1, 0.15) is 18.9 Å². The molecule has 29 heavy (non-hydrogen) atoms. The standard InChI is InChI=1S/C20H19N5O2S2/c1-2-12-28-20-24-18(14-6-4-3-5-7-14)17(13-21)19(25-20)23-15-8-10-16(11-9-15)29(22,26)27/h3-11H,2,12H2,1H3,(H2,22,26,27)(H,23,24,25). The van der Waals surface area contributed by atoms with Crippen molar-refractivity contribution in [3.8, 4) is 17.3 Å². The van der Waals surface area contributed by atoms with E-state index in [0.29, 0.717) is 27.9 Å². The van der Waals surface area contributed by atoms with Gasteiger partial charge in [0.25, 0.3) is 0 Å². The van der Waals surface area contributed by atoms with E-state index in [9.17, 15) is 13.7 Å². The summed E-state index contributed by atoms with van der Waals surface area (Å²) in [6, 6.07) is 17.6. The van der Waals surface area contributed by atoms with E-state index in [-0.39, 0.29) is 4.90 Å². The van der Waals surface area contributed by atoms with Gasteiger partial charge in [0.1, 0.15) is 11.6 Å². The van der Waals surface area contributed by atoms with Gasteiger partial charge in [-0.1, -0.05) is 49.0 Å². The third-order valence-corrected chi connectivity index (χ3v) is 5.91. The second-order valence-electron chi connectivity index (χ2n) is 6.10. The summed E-state index contributed by atoms with van der Waals surface area (Å²) in [5, 5.41) is 18.6. The van der Waals surface area contributed by atoms with Crippen LogP contribution in [0.5, 0.6) is 0 Å². The van der Waals surface area contributed by atoms with Crippen LogP contribution in [-0.2, 0) is 10.0 Å². The van der Waals surface area contributed by atoms with Crippen molar-refractivity contribution in [3.05, 3.63) is 60.2 Å². The molecule has 3 rings (SSSR count). The molecule has 148 valence electrons. The van der Waals surface area contributed by atoms with Crippen LogP contribution in [0.15, 0.2) is 64.6 Å². The van der Waals surface area contributed by atoms with Gasteiger partial charge in [-0.15, -0.1) is 0 Å². The summed E-state index contributed by atoms with van der Waals surface area (Å²) in [6.07, 6.45) is 0.965. The Morgan fingerprint density at radius 3 is 2.38 bits per heavy atom. The predicted octanol–water partition coefficient (Wildman–Crippen LogP) is 3.91. The van der Waals surface area contributed by atoms with Gasteiger partial charge in [0, 0.05) is 17.0 Å². The van der Waals surface area contributed by atoms with Crippen molar-refractivity contribution in [3.63, 3.8) is 0 Å². The first-order valence-electron chi connectivity index (χ1n) is 8.82. The molecule has 0 amide bonds. The average Bonchev–Trinajstić information content (AvgIpc) is 2.72. The Kier molecular flexibility index (Phi) is 6.49. The van der Waals surface area contributed by atoms with Gasteiger partial charge in [-0.2, -0.15) is 5.26 Å². The molecule has 2 aromatic carbocycles. The molecule has 0 radical (unpaired) electrons. The Hall–Kier alpha value is -2.93. The number of benzene rings is 2. The molecule has 3 aromatic rings. The van der Waals surface area contributed by atoms with Gasteiger partial charge in [-0.05, 0) is 30.7 Å². The minimum absolute atomic E-state index is 0.00964. The fourth-order valence-corrected chi connectivity index (χ4v) is 3.78. The lowest BCUT2D eigenvalue weighted by Gasteiger charge is -2.13. The molecule has 0 atom stereocenters. The number of primary sulfonamides is 1. The second-order valence-corrected chi connectivity index (χ2v) is 8.72. The van der Waals surface area contributed by atoms with Crippen molar-refractivity contribution >= 4 is 33.3 Å². The topological polar surface area (TPSA) is 122 Å². The van der Waals surface area contributed by atoms with Crippen LogP contribution in [-0.4, -0.2) is 24.1 Å². The summed E-state index contributed by atoms with van der Waals surface area (Å²) < 4.78 is 22.9. The van der Waals surface area contributed by atoms with E-state index >= 15 is 0 Å². The molecule has 1 aromatic heterocycles. The Morgan fingerprint density at radius 2 is 1.79 bits per heavy atom. The highest BCUT2D eigenvalue weighted by Gasteiger charge is 2.17. The Morgan fingerprint density at radius 1 is 1.10 bits per heavy atom. The lowest BCUT2D eigenvalue weighted by molar-refractivity contribution is 0.598. The smallest absolute Gasteiger partial charge is 0.238 e. The van der Waals surface area contributed by atoms with Gasteiger partial charge in [-0.3, -0.25) is 0 Å². The highest BCUT2D eigenvalue weighted by Crippen LogP contribution is 2.30. The first kappa shape index (κ1) is 20.8. The zero-order chi connectivity index (χ0) is 20.9.